The van der Waals surface area contributed by atoms with Crippen LogP contribution in [0.25, 0.3) is 0 Å². The number of ether oxygens (including phenoxy) is 1. The van der Waals surface area contributed by atoms with Crippen molar-refractivity contribution < 1.29 is 14.9 Å². The third kappa shape index (κ3) is 1.15. The summed E-state index contributed by atoms with van der Waals surface area (Å²) in [5, 5.41) is 18.3. The minimum absolute atomic E-state index is 0.253. The van der Waals surface area contributed by atoms with Gasteiger partial charge in [0.25, 0.3) is 0 Å². The van der Waals surface area contributed by atoms with E-state index in [9.17, 15) is 5.11 Å². The predicted molar refractivity (Wildman–Crippen MR) is 35.4 cm³/mol. The van der Waals surface area contributed by atoms with E-state index < -0.39 is 18.3 Å². The molecule has 0 saturated carbocycles. The van der Waals surface area contributed by atoms with E-state index in [0.717, 1.165) is 0 Å². The maximum Gasteiger partial charge on any atom is 0.110 e. The van der Waals surface area contributed by atoms with Crippen molar-refractivity contribution in [3.05, 3.63) is 0 Å². The van der Waals surface area contributed by atoms with E-state index in [1.807, 2.05) is 0 Å². The number of rotatable bonds is 1. The zero-order chi connectivity index (χ0) is 7.72. The Morgan fingerprint density at radius 3 is 2.20 bits per heavy atom. The molecule has 0 bridgehead atoms. The molecule has 0 aromatic carbocycles. The minimum Gasteiger partial charge on any atom is -0.388 e. The Bertz CT molecular complexity index is 120. The highest BCUT2D eigenvalue weighted by atomic mass is 16.5. The third-order valence-corrected chi connectivity index (χ3v) is 1.83. The molecule has 0 aromatic heterocycles. The second-order valence-corrected chi connectivity index (χ2v) is 2.60. The van der Waals surface area contributed by atoms with Crippen molar-refractivity contribution in [1.82, 2.24) is 0 Å². The first-order valence-corrected chi connectivity index (χ1v) is 3.38. The molecule has 1 fully saturated rings. The lowest BCUT2D eigenvalue weighted by Crippen LogP contribution is -2.35. The molecule has 1 saturated heterocycles. The van der Waals surface area contributed by atoms with Crippen molar-refractivity contribution in [2.75, 3.05) is 6.54 Å². The molecule has 60 valence electrons. The summed E-state index contributed by atoms with van der Waals surface area (Å²) in [4.78, 5) is 0. The van der Waals surface area contributed by atoms with Gasteiger partial charge in [-0.25, -0.2) is 0 Å². The quantitative estimate of drug-likeness (QED) is 0.420. The summed E-state index contributed by atoms with van der Waals surface area (Å²) in [5.74, 6) is 0. The van der Waals surface area contributed by atoms with Gasteiger partial charge in [-0.3, -0.25) is 0 Å². The van der Waals surface area contributed by atoms with Crippen molar-refractivity contribution in [3.8, 4) is 0 Å². The lowest BCUT2D eigenvalue weighted by Gasteiger charge is -2.10. The molecule has 1 aliphatic heterocycles. The minimum atomic E-state index is -0.819. The molecule has 0 spiro atoms. The lowest BCUT2D eigenvalue weighted by atomic mass is 10.1. The van der Waals surface area contributed by atoms with Crippen LogP contribution in [0.4, 0.5) is 0 Å². The Hall–Kier alpha value is -0.160. The second-order valence-electron chi connectivity index (χ2n) is 2.60. The Morgan fingerprint density at radius 2 is 2.00 bits per heavy atom. The Labute approximate surface area is 59.6 Å². The molecule has 0 amide bonds. The van der Waals surface area contributed by atoms with Crippen LogP contribution in [0.2, 0.25) is 0 Å². The SMILES string of the molecule is CC1O[C@@H](CN)[C@@H](O)[C@@H]1O. The fourth-order valence-electron chi connectivity index (χ4n) is 1.13. The van der Waals surface area contributed by atoms with Crippen molar-refractivity contribution in [3.63, 3.8) is 0 Å². The van der Waals surface area contributed by atoms with Crippen molar-refractivity contribution in [1.29, 1.82) is 0 Å². The molecule has 0 aliphatic carbocycles. The van der Waals surface area contributed by atoms with E-state index in [1.165, 1.54) is 0 Å². The normalized spacial score (nSPS) is 48.0. The van der Waals surface area contributed by atoms with Gasteiger partial charge in [0.05, 0.1) is 12.2 Å². The Morgan fingerprint density at radius 1 is 1.40 bits per heavy atom. The number of hydrogen-bond donors (Lipinski definition) is 3. The summed E-state index contributed by atoms with van der Waals surface area (Å²) in [6.45, 7) is 1.96. The van der Waals surface area contributed by atoms with E-state index in [2.05, 4.69) is 0 Å². The molecule has 4 N–H and O–H groups in total. The molecule has 1 aliphatic rings. The van der Waals surface area contributed by atoms with Gasteiger partial charge in [-0.2, -0.15) is 0 Å². The van der Waals surface area contributed by atoms with Gasteiger partial charge in [0, 0.05) is 6.54 Å². The number of aliphatic hydroxyl groups excluding tert-OH is 2. The fraction of sp³-hybridized carbons (Fsp3) is 1.00. The molecule has 1 rings (SSSR count). The van der Waals surface area contributed by atoms with Crippen LogP contribution in [0.1, 0.15) is 6.92 Å². The van der Waals surface area contributed by atoms with Crippen molar-refractivity contribution in [2.24, 2.45) is 5.73 Å². The van der Waals surface area contributed by atoms with Crippen LogP contribution in [0, 0.1) is 0 Å². The molecule has 1 heterocycles. The summed E-state index contributed by atoms with van der Waals surface area (Å²) in [6.07, 6.45) is -2.30. The van der Waals surface area contributed by atoms with Crippen LogP contribution in [0.5, 0.6) is 0 Å². The van der Waals surface area contributed by atoms with Crippen LogP contribution < -0.4 is 5.73 Å². The van der Waals surface area contributed by atoms with E-state index in [-0.39, 0.29) is 12.6 Å². The average Bonchev–Trinajstić information content (AvgIpc) is 2.17. The topological polar surface area (TPSA) is 75.7 Å². The molecular formula is C6H13NO3. The maximum absolute atomic E-state index is 9.17. The smallest absolute Gasteiger partial charge is 0.110 e. The summed E-state index contributed by atoms with van der Waals surface area (Å²) >= 11 is 0. The zero-order valence-electron chi connectivity index (χ0n) is 5.90. The van der Waals surface area contributed by atoms with Crippen molar-refractivity contribution >= 4 is 0 Å². The fourth-order valence-corrected chi connectivity index (χ4v) is 1.13. The highest BCUT2D eigenvalue weighted by molar-refractivity contribution is 4.88. The van der Waals surface area contributed by atoms with Gasteiger partial charge in [-0.15, -0.1) is 0 Å². The third-order valence-electron chi connectivity index (χ3n) is 1.83. The predicted octanol–water partition coefficient (Wildman–Crippen LogP) is -1.55. The van der Waals surface area contributed by atoms with E-state index >= 15 is 0 Å². The van der Waals surface area contributed by atoms with Crippen molar-refractivity contribution in [2.45, 2.75) is 31.3 Å². The highest BCUT2D eigenvalue weighted by Crippen LogP contribution is 2.19. The van der Waals surface area contributed by atoms with E-state index in [4.69, 9.17) is 15.6 Å². The summed E-state index contributed by atoms with van der Waals surface area (Å²) < 4.78 is 5.11. The monoisotopic (exact) mass is 147 g/mol. The van der Waals surface area contributed by atoms with E-state index in [0.29, 0.717) is 0 Å². The van der Waals surface area contributed by atoms with Crippen LogP contribution in [-0.2, 0) is 4.74 Å². The summed E-state index contributed by atoms with van der Waals surface area (Å²) in [7, 11) is 0. The maximum atomic E-state index is 9.17. The Balaban J connectivity index is 2.53. The van der Waals surface area contributed by atoms with Gasteiger partial charge in [0.2, 0.25) is 0 Å². The molecule has 10 heavy (non-hydrogen) atoms. The largest absolute Gasteiger partial charge is 0.388 e. The standard InChI is InChI=1S/C6H13NO3/c1-3-5(8)6(9)4(2-7)10-3/h3-6,8-9H,2,7H2,1H3/t3?,4-,5+,6+/m0/s1. The van der Waals surface area contributed by atoms with Crippen LogP contribution in [-0.4, -0.2) is 41.2 Å². The molecule has 4 nitrogen and oxygen atoms in total. The number of nitrogens with two attached hydrogens (primary N) is 1. The molecule has 0 radical (unpaired) electrons. The zero-order valence-corrected chi connectivity index (χ0v) is 5.90. The number of hydrogen-bond acceptors (Lipinski definition) is 4. The molecule has 0 aromatic rings. The molecular weight excluding hydrogens is 134 g/mol. The number of aliphatic hydroxyl groups is 2. The van der Waals surface area contributed by atoms with Gasteiger partial charge in [0.1, 0.15) is 12.2 Å². The second kappa shape index (κ2) is 2.84. The first-order valence-electron chi connectivity index (χ1n) is 3.38. The van der Waals surface area contributed by atoms with Crippen LogP contribution in [0.15, 0.2) is 0 Å². The first-order chi connectivity index (χ1) is 4.66. The summed E-state index contributed by atoms with van der Waals surface area (Å²) in [6, 6.07) is 0. The van der Waals surface area contributed by atoms with Gasteiger partial charge < -0.3 is 20.7 Å². The van der Waals surface area contributed by atoms with Gasteiger partial charge >= 0.3 is 0 Å². The van der Waals surface area contributed by atoms with Gasteiger partial charge in [0.15, 0.2) is 0 Å². The molecule has 4 heteroatoms. The average molecular weight is 147 g/mol. The van der Waals surface area contributed by atoms with Gasteiger partial charge in [-0.1, -0.05) is 0 Å². The highest BCUT2D eigenvalue weighted by Gasteiger charge is 2.38. The first kappa shape index (κ1) is 7.94. The van der Waals surface area contributed by atoms with Crippen LogP contribution in [0.3, 0.4) is 0 Å². The van der Waals surface area contributed by atoms with Crippen LogP contribution >= 0.6 is 0 Å². The summed E-state index contributed by atoms with van der Waals surface area (Å²) in [5.41, 5.74) is 5.25. The van der Waals surface area contributed by atoms with Gasteiger partial charge in [-0.05, 0) is 6.92 Å². The molecule has 1 unspecified atom stereocenters. The Kier molecular flexibility index (Phi) is 2.25. The molecule has 4 atom stereocenters. The van der Waals surface area contributed by atoms with E-state index in [1.54, 1.807) is 6.92 Å². The lowest BCUT2D eigenvalue weighted by molar-refractivity contribution is 0.0223.